The second kappa shape index (κ2) is 4.26. The van der Waals surface area contributed by atoms with Crippen LogP contribution in [0.15, 0.2) is 40.9 Å². The standard InChI is InChI=1S/C10H9BrF2N2/c11-10-4-5-14-15(10)6-7-8(12)2-1-3-9(7)13/h1-5,7-8H,6H2. The first-order valence-corrected chi connectivity index (χ1v) is 5.33. The number of nitrogens with zero attached hydrogens (tertiary/aromatic N) is 2. The van der Waals surface area contributed by atoms with Gasteiger partial charge in [-0.1, -0.05) is 6.08 Å². The summed E-state index contributed by atoms with van der Waals surface area (Å²) < 4.78 is 29.0. The van der Waals surface area contributed by atoms with Crippen molar-refractivity contribution in [1.29, 1.82) is 0 Å². The van der Waals surface area contributed by atoms with Crippen LogP contribution in [0.4, 0.5) is 8.78 Å². The first-order valence-electron chi connectivity index (χ1n) is 4.54. The van der Waals surface area contributed by atoms with Crippen LogP contribution in [0.5, 0.6) is 0 Å². The number of alkyl halides is 1. The van der Waals surface area contributed by atoms with Gasteiger partial charge in [0, 0.05) is 0 Å². The fraction of sp³-hybridized carbons (Fsp3) is 0.300. The van der Waals surface area contributed by atoms with Gasteiger partial charge < -0.3 is 0 Å². The van der Waals surface area contributed by atoms with Gasteiger partial charge in [-0.3, -0.25) is 4.68 Å². The third kappa shape index (κ3) is 2.17. The van der Waals surface area contributed by atoms with Crippen molar-refractivity contribution in [1.82, 2.24) is 9.78 Å². The number of allylic oxidation sites excluding steroid dienone is 4. The summed E-state index contributed by atoms with van der Waals surface area (Å²) in [7, 11) is 0. The molecule has 1 aliphatic rings. The minimum absolute atomic E-state index is 0.196. The van der Waals surface area contributed by atoms with Gasteiger partial charge in [0.2, 0.25) is 0 Å². The van der Waals surface area contributed by atoms with E-state index in [4.69, 9.17) is 0 Å². The Balaban J connectivity index is 2.15. The Morgan fingerprint density at radius 2 is 2.33 bits per heavy atom. The molecule has 5 heteroatoms. The van der Waals surface area contributed by atoms with Gasteiger partial charge in [-0.15, -0.1) is 0 Å². The van der Waals surface area contributed by atoms with Crippen LogP contribution in [-0.2, 0) is 6.54 Å². The van der Waals surface area contributed by atoms with Gasteiger partial charge in [0.15, 0.2) is 0 Å². The van der Waals surface area contributed by atoms with Crippen LogP contribution in [-0.4, -0.2) is 16.0 Å². The lowest BCUT2D eigenvalue weighted by atomic mass is 9.97. The van der Waals surface area contributed by atoms with E-state index in [9.17, 15) is 8.78 Å². The zero-order chi connectivity index (χ0) is 10.8. The van der Waals surface area contributed by atoms with E-state index in [1.165, 1.54) is 22.9 Å². The maximum Gasteiger partial charge on any atom is 0.129 e. The summed E-state index contributed by atoms with van der Waals surface area (Å²) >= 11 is 3.25. The molecule has 0 bridgehead atoms. The van der Waals surface area contributed by atoms with Crippen molar-refractivity contribution in [3.05, 3.63) is 40.9 Å². The molecule has 0 saturated heterocycles. The molecule has 0 N–H and O–H groups in total. The molecule has 1 aromatic rings. The van der Waals surface area contributed by atoms with Crippen molar-refractivity contribution < 1.29 is 8.78 Å². The molecule has 0 spiro atoms. The number of aromatic nitrogens is 2. The van der Waals surface area contributed by atoms with Crippen LogP contribution < -0.4 is 0 Å². The highest BCUT2D eigenvalue weighted by molar-refractivity contribution is 9.10. The average Bonchev–Trinajstić information content (AvgIpc) is 2.58. The highest BCUT2D eigenvalue weighted by atomic mass is 79.9. The van der Waals surface area contributed by atoms with Crippen molar-refractivity contribution >= 4 is 15.9 Å². The molecule has 2 rings (SSSR count). The van der Waals surface area contributed by atoms with E-state index in [0.29, 0.717) is 0 Å². The number of hydrogen-bond acceptors (Lipinski definition) is 1. The van der Waals surface area contributed by atoms with Gasteiger partial charge >= 0.3 is 0 Å². The first kappa shape index (κ1) is 10.5. The number of rotatable bonds is 2. The SMILES string of the molecule is FC1=CC=CC(F)C1Cn1nccc1Br. The lowest BCUT2D eigenvalue weighted by Crippen LogP contribution is -2.23. The Kier molecular flexibility index (Phi) is 3.00. The van der Waals surface area contributed by atoms with Crippen LogP contribution in [0.2, 0.25) is 0 Å². The maximum absolute atomic E-state index is 13.4. The van der Waals surface area contributed by atoms with Crippen LogP contribution in [0.1, 0.15) is 0 Å². The second-order valence-corrected chi connectivity index (χ2v) is 4.14. The zero-order valence-electron chi connectivity index (χ0n) is 7.78. The molecule has 0 aliphatic heterocycles. The van der Waals surface area contributed by atoms with Gasteiger partial charge in [0.1, 0.15) is 16.6 Å². The van der Waals surface area contributed by atoms with E-state index in [-0.39, 0.29) is 6.54 Å². The van der Waals surface area contributed by atoms with Gasteiger partial charge in [0.05, 0.1) is 18.7 Å². The summed E-state index contributed by atoms with van der Waals surface area (Å²) in [5, 5.41) is 3.96. The van der Waals surface area contributed by atoms with Crippen molar-refractivity contribution in [2.75, 3.05) is 0 Å². The summed E-state index contributed by atoms with van der Waals surface area (Å²) in [6.07, 6.45) is 4.33. The molecule has 1 aromatic heterocycles. The molecule has 15 heavy (non-hydrogen) atoms. The van der Waals surface area contributed by atoms with Crippen LogP contribution >= 0.6 is 15.9 Å². The van der Waals surface area contributed by atoms with Crippen LogP contribution in [0.25, 0.3) is 0 Å². The molecule has 2 atom stereocenters. The minimum atomic E-state index is -1.29. The lowest BCUT2D eigenvalue weighted by molar-refractivity contribution is 0.244. The predicted molar refractivity (Wildman–Crippen MR) is 56.6 cm³/mol. The average molecular weight is 275 g/mol. The molecular weight excluding hydrogens is 266 g/mol. The van der Waals surface area contributed by atoms with E-state index >= 15 is 0 Å². The normalized spacial score (nSPS) is 25.4. The minimum Gasteiger partial charge on any atom is -0.258 e. The molecule has 1 heterocycles. The molecule has 0 fully saturated rings. The Labute approximate surface area is 94.4 Å². The van der Waals surface area contributed by atoms with Crippen molar-refractivity contribution in [3.63, 3.8) is 0 Å². The van der Waals surface area contributed by atoms with E-state index < -0.39 is 17.9 Å². The Bertz CT molecular complexity index is 411. The molecule has 0 radical (unpaired) electrons. The number of halogens is 3. The van der Waals surface area contributed by atoms with E-state index in [1.54, 1.807) is 12.3 Å². The predicted octanol–water partition coefficient (Wildman–Crippen LogP) is 3.02. The molecule has 0 amide bonds. The third-order valence-corrected chi connectivity index (χ3v) is 3.00. The quantitative estimate of drug-likeness (QED) is 0.811. The van der Waals surface area contributed by atoms with Gasteiger partial charge in [-0.25, -0.2) is 8.78 Å². The van der Waals surface area contributed by atoms with E-state index in [0.717, 1.165) is 4.60 Å². The summed E-state index contributed by atoms with van der Waals surface area (Å²) in [5.74, 6) is -1.21. The zero-order valence-corrected chi connectivity index (χ0v) is 9.36. The van der Waals surface area contributed by atoms with Gasteiger partial charge in [0.25, 0.3) is 0 Å². The van der Waals surface area contributed by atoms with Crippen molar-refractivity contribution in [3.8, 4) is 0 Å². The first-order chi connectivity index (χ1) is 7.18. The summed E-state index contributed by atoms with van der Waals surface area (Å²) in [4.78, 5) is 0. The summed E-state index contributed by atoms with van der Waals surface area (Å²) in [5.41, 5.74) is 0. The monoisotopic (exact) mass is 274 g/mol. The van der Waals surface area contributed by atoms with Crippen LogP contribution in [0, 0.1) is 5.92 Å². The summed E-state index contributed by atoms with van der Waals surface area (Å²) in [6, 6.07) is 1.73. The Hall–Kier alpha value is -0.970. The third-order valence-electron chi connectivity index (χ3n) is 2.32. The Morgan fingerprint density at radius 1 is 1.53 bits per heavy atom. The van der Waals surface area contributed by atoms with Gasteiger partial charge in [-0.05, 0) is 34.1 Å². The largest absolute Gasteiger partial charge is 0.258 e. The lowest BCUT2D eigenvalue weighted by Gasteiger charge is -2.19. The molecular formula is C10H9BrF2N2. The van der Waals surface area contributed by atoms with Gasteiger partial charge in [-0.2, -0.15) is 5.10 Å². The second-order valence-electron chi connectivity index (χ2n) is 3.32. The van der Waals surface area contributed by atoms with E-state index in [1.807, 2.05) is 0 Å². The Morgan fingerprint density at radius 3 is 2.93 bits per heavy atom. The fourth-order valence-electron chi connectivity index (χ4n) is 1.49. The van der Waals surface area contributed by atoms with Crippen molar-refractivity contribution in [2.24, 2.45) is 5.92 Å². The topological polar surface area (TPSA) is 17.8 Å². The van der Waals surface area contributed by atoms with E-state index in [2.05, 4.69) is 21.0 Å². The number of hydrogen-bond donors (Lipinski definition) is 0. The fourth-order valence-corrected chi connectivity index (χ4v) is 1.84. The highest BCUT2D eigenvalue weighted by Gasteiger charge is 2.26. The molecule has 0 saturated carbocycles. The molecule has 2 unspecified atom stereocenters. The highest BCUT2D eigenvalue weighted by Crippen LogP contribution is 2.27. The smallest absolute Gasteiger partial charge is 0.129 e. The van der Waals surface area contributed by atoms with Crippen LogP contribution in [0.3, 0.4) is 0 Å². The molecule has 2 nitrogen and oxygen atoms in total. The molecule has 80 valence electrons. The maximum atomic E-state index is 13.4. The molecule has 0 aromatic carbocycles. The van der Waals surface area contributed by atoms with Crippen molar-refractivity contribution in [2.45, 2.75) is 12.7 Å². The summed E-state index contributed by atoms with van der Waals surface area (Å²) in [6.45, 7) is 0.196. The molecule has 1 aliphatic carbocycles.